The lowest BCUT2D eigenvalue weighted by atomic mass is 9.84. The monoisotopic (exact) mass is 389 g/mol. The second kappa shape index (κ2) is 7.12. The highest BCUT2D eigenvalue weighted by Gasteiger charge is 2.42. The van der Waals surface area contributed by atoms with Gasteiger partial charge in [-0.05, 0) is 70.3 Å². The topological polar surface area (TPSA) is 54.9 Å². The fraction of sp³-hybridized carbons (Fsp3) is 0.650. The molecule has 2 saturated carbocycles. The maximum atomic E-state index is 12.5. The zero-order valence-electron chi connectivity index (χ0n) is 16.0. The zero-order chi connectivity index (χ0) is 18.4. The van der Waals surface area contributed by atoms with E-state index >= 15 is 0 Å². The number of aryl methyl sites for hydroxylation is 3. The summed E-state index contributed by atoms with van der Waals surface area (Å²) in [6.45, 7) is 8.35. The Hall–Kier alpha value is -1.14. The quantitative estimate of drug-likeness (QED) is 0.597. The lowest BCUT2D eigenvalue weighted by Gasteiger charge is -2.28. The molecule has 0 aromatic carbocycles. The molecule has 6 heteroatoms. The molecule has 2 aromatic heterocycles. The highest BCUT2D eigenvalue weighted by Crippen LogP contribution is 2.49. The van der Waals surface area contributed by atoms with E-state index in [4.69, 9.17) is 0 Å². The van der Waals surface area contributed by atoms with Crippen LogP contribution in [0.15, 0.2) is 5.03 Å². The van der Waals surface area contributed by atoms with Crippen molar-refractivity contribution in [2.75, 3.05) is 5.75 Å². The summed E-state index contributed by atoms with van der Waals surface area (Å²) in [5.74, 6) is 3.75. The predicted molar refractivity (Wildman–Crippen MR) is 109 cm³/mol. The van der Waals surface area contributed by atoms with Gasteiger partial charge < -0.3 is 5.32 Å². The Morgan fingerprint density at radius 1 is 1.27 bits per heavy atom. The second-order valence-electron chi connectivity index (χ2n) is 8.02. The van der Waals surface area contributed by atoms with Crippen LogP contribution in [0.25, 0.3) is 10.2 Å². The van der Waals surface area contributed by atoms with Gasteiger partial charge in [0.1, 0.15) is 15.7 Å². The molecule has 2 aromatic rings. The van der Waals surface area contributed by atoms with Gasteiger partial charge in [0.2, 0.25) is 5.91 Å². The highest BCUT2D eigenvalue weighted by atomic mass is 32.2. The van der Waals surface area contributed by atoms with Crippen molar-refractivity contribution in [3.63, 3.8) is 0 Å². The molecule has 26 heavy (non-hydrogen) atoms. The van der Waals surface area contributed by atoms with Gasteiger partial charge in [-0.2, -0.15) is 0 Å². The van der Waals surface area contributed by atoms with Gasteiger partial charge in [-0.25, -0.2) is 9.97 Å². The molecule has 0 spiro atoms. The number of rotatable bonds is 5. The van der Waals surface area contributed by atoms with E-state index in [-0.39, 0.29) is 11.9 Å². The Bertz CT molecular complexity index is 847. The normalized spacial score (nSPS) is 25.8. The molecule has 4 atom stereocenters. The van der Waals surface area contributed by atoms with Crippen molar-refractivity contribution in [3.05, 3.63) is 16.3 Å². The zero-order valence-corrected chi connectivity index (χ0v) is 17.6. The number of nitrogens with one attached hydrogen (secondary N) is 1. The van der Waals surface area contributed by atoms with Crippen molar-refractivity contribution < 1.29 is 4.79 Å². The SMILES string of the molecule is Cc1nc(SCC(=O)NC(C)C2CC3CCC2C3)c2c(C)c(C)sc2n1. The first-order valence-corrected chi connectivity index (χ1v) is 11.4. The minimum Gasteiger partial charge on any atom is -0.353 e. The molecule has 0 aliphatic heterocycles. The van der Waals surface area contributed by atoms with Crippen molar-refractivity contribution >= 4 is 39.2 Å². The fourth-order valence-corrected chi connectivity index (χ4v) is 6.94. The van der Waals surface area contributed by atoms with Crippen LogP contribution in [0.1, 0.15) is 48.9 Å². The first kappa shape index (κ1) is 18.2. The van der Waals surface area contributed by atoms with E-state index < -0.39 is 0 Å². The van der Waals surface area contributed by atoms with Gasteiger partial charge in [0.15, 0.2) is 0 Å². The highest BCUT2D eigenvalue weighted by molar-refractivity contribution is 8.00. The first-order chi connectivity index (χ1) is 12.4. The van der Waals surface area contributed by atoms with Crippen LogP contribution in [-0.2, 0) is 4.79 Å². The van der Waals surface area contributed by atoms with E-state index in [1.807, 2.05) is 6.92 Å². The van der Waals surface area contributed by atoms with E-state index in [0.717, 1.165) is 32.9 Å². The number of fused-ring (bicyclic) bond motifs is 3. The minimum atomic E-state index is 0.124. The number of aromatic nitrogens is 2. The molecule has 4 unspecified atom stereocenters. The summed E-state index contributed by atoms with van der Waals surface area (Å²) in [7, 11) is 0. The third-order valence-corrected chi connectivity index (χ3v) is 8.35. The van der Waals surface area contributed by atoms with Gasteiger partial charge in [-0.3, -0.25) is 4.79 Å². The summed E-state index contributed by atoms with van der Waals surface area (Å²) < 4.78 is 0. The third kappa shape index (κ3) is 3.38. The van der Waals surface area contributed by atoms with Gasteiger partial charge >= 0.3 is 0 Å². The second-order valence-corrected chi connectivity index (χ2v) is 10.2. The first-order valence-electron chi connectivity index (χ1n) is 9.59. The summed E-state index contributed by atoms with van der Waals surface area (Å²) in [4.78, 5) is 24.0. The van der Waals surface area contributed by atoms with Crippen molar-refractivity contribution in [2.45, 2.75) is 64.4 Å². The molecule has 4 nitrogen and oxygen atoms in total. The molecule has 2 fully saturated rings. The molecule has 0 radical (unpaired) electrons. The average molecular weight is 390 g/mol. The van der Waals surface area contributed by atoms with Crippen LogP contribution in [0.5, 0.6) is 0 Å². The number of amides is 1. The third-order valence-electron chi connectivity index (χ3n) is 6.27. The smallest absolute Gasteiger partial charge is 0.230 e. The molecular formula is C20H27N3OS2. The summed E-state index contributed by atoms with van der Waals surface area (Å²) in [5, 5.41) is 5.32. The van der Waals surface area contributed by atoms with Crippen molar-refractivity contribution in [3.8, 4) is 0 Å². The van der Waals surface area contributed by atoms with E-state index in [2.05, 4.69) is 36.1 Å². The van der Waals surface area contributed by atoms with Crippen LogP contribution in [0.2, 0.25) is 0 Å². The maximum Gasteiger partial charge on any atom is 0.230 e. The molecule has 0 saturated heterocycles. The number of hydrogen-bond acceptors (Lipinski definition) is 5. The molecule has 2 aliphatic rings. The molecule has 1 N–H and O–H groups in total. The van der Waals surface area contributed by atoms with Crippen LogP contribution in [0.4, 0.5) is 0 Å². The van der Waals surface area contributed by atoms with Crippen LogP contribution in [-0.4, -0.2) is 27.7 Å². The van der Waals surface area contributed by atoms with Crippen LogP contribution >= 0.6 is 23.1 Å². The van der Waals surface area contributed by atoms with Gasteiger partial charge in [0.05, 0.1) is 5.75 Å². The summed E-state index contributed by atoms with van der Waals surface area (Å²) in [5.41, 5.74) is 1.24. The van der Waals surface area contributed by atoms with Crippen molar-refractivity contribution in [1.82, 2.24) is 15.3 Å². The Labute approximate surface area is 163 Å². The van der Waals surface area contributed by atoms with Crippen LogP contribution < -0.4 is 5.32 Å². The van der Waals surface area contributed by atoms with Crippen LogP contribution in [0, 0.1) is 38.5 Å². The van der Waals surface area contributed by atoms with Crippen LogP contribution in [0.3, 0.4) is 0 Å². The molecule has 2 aliphatic carbocycles. The minimum absolute atomic E-state index is 0.124. The van der Waals surface area contributed by atoms with Gasteiger partial charge in [0, 0.05) is 16.3 Å². The van der Waals surface area contributed by atoms with Crippen molar-refractivity contribution in [2.24, 2.45) is 17.8 Å². The number of carbonyl (C=O) groups is 1. The maximum absolute atomic E-state index is 12.5. The summed E-state index contributed by atoms with van der Waals surface area (Å²) in [6.07, 6.45) is 5.45. The largest absolute Gasteiger partial charge is 0.353 e. The number of thioether (sulfide) groups is 1. The Balaban J connectivity index is 1.41. The fourth-order valence-electron chi connectivity index (χ4n) is 4.86. The number of carbonyl (C=O) groups excluding carboxylic acids is 1. The summed E-state index contributed by atoms with van der Waals surface area (Å²) >= 11 is 3.25. The average Bonchev–Trinajstić information content (AvgIpc) is 3.28. The Kier molecular flexibility index (Phi) is 4.99. The van der Waals surface area contributed by atoms with E-state index in [1.54, 1.807) is 23.1 Å². The number of nitrogens with zero attached hydrogens (tertiary/aromatic N) is 2. The molecule has 2 heterocycles. The standard InChI is InChI=1S/C20H27N3OS2/c1-10-12(3)26-20-18(10)19(22-13(4)23-20)25-9-17(24)21-11(2)16-8-14-5-6-15(16)7-14/h11,14-16H,5-9H2,1-4H3,(H,21,24). The molecule has 4 rings (SSSR count). The summed E-state index contributed by atoms with van der Waals surface area (Å²) in [6, 6.07) is 0.288. The lowest BCUT2D eigenvalue weighted by Crippen LogP contribution is -2.40. The predicted octanol–water partition coefficient (Wildman–Crippen LogP) is 4.65. The van der Waals surface area contributed by atoms with Gasteiger partial charge in [0.25, 0.3) is 0 Å². The van der Waals surface area contributed by atoms with Gasteiger partial charge in [-0.1, -0.05) is 18.2 Å². The molecular weight excluding hydrogens is 362 g/mol. The molecule has 140 valence electrons. The Morgan fingerprint density at radius 3 is 2.77 bits per heavy atom. The number of thiophene rings is 1. The van der Waals surface area contributed by atoms with E-state index in [0.29, 0.717) is 11.7 Å². The molecule has 1 amide bonds. The van der Waals surface area contributed by atoms with Gasteiger partial charge in [-0.15, -0.1) is 11.3 Å². The number of hydrogen-bond donors (Lipinski definition) is 1. The van der Waals surface area contributed by atoms with Crippen molar-refractivity contribution in [1.29, 1.82) is 0 Å². The molecule has 2 bridgehead atoms. The Morgan fingerprint density at radius 2 is 2.08 bits per heavy atom. The lowest BCUT2D eigenvalue weighted by molar-refractivity contribution is -0.119. The van der Waals surface area contributed by atoms with E-state index in [1.165, 1.54) is 36.1 Å². The van der Waals surface area contributed by atoms with E-state index in [9.17, 15) is 4.79 Å².